The van der Waals surface area contributed by atoms with Crippen molar-refractivity contribution >= 4 is 50.4 Å². The number of hydrogen-bond donors (Lipinski definition) is 1. The molecule has 0 atom stereocenters. The van der Waals surface area contributed by atoms with Gasteiger partial charge in [0.25, 0.3) is 16.0 Å². The summed E-state index contributed by atoms with van der Waals surface area (Å²) >= 11 is 6.24. The smallest absolute Gasteiger partial charge is 0.266 e. The molecule has 1 fully saturated rings. The third-order valence-electron chi connectivity index (χ3n) is 4.61. The van der Waals surface area contributed by atoms with Crippen LogP contribution in [0.25, 0.3) is 23.0 Å². The topological polar surface area (TPSA) is 92.5 Å². The number of nitrogens with zero attached hydrogens (tertiary/aromatic N) is 3. The van der Waals surface area contributed by atoms with Crippen molar-refractivity contribution in [3.05, 3.63) is 77.1 Å². The van der Waals surface area contributed by atoms with Gasteiger partial charge in [0.05, 0.1) is 22.0 Å². The first-order valence-electron chi connectivity index (χ1n) is 9.33. The van der Waals surface area contributed by atoms with E-state index in [1.54, 1.807) is 29.1 Å². The van der Waals surface area contributed by atoms with E-state index in [0.29, 0.717) is 21.7 Å². The van der Waals surface area contributed by atoms with Gasteiger partial charge in [-0.25, -0.2) is 9.07 Å². The molecule has 1 aliphatic rings. The first-order valence-corrected chi connectivity index (χ1v) is 12.2. The van der Waals surface area contributed by atoms with Crippen LogP contribution in [-0.2, 0) is 14.9 Å². The summed E-state index contributed by atoms with van der Waals surface area (Å²) in [6.45, 7) is -0.241. The summed E-state index contributed by atoms with van der Waals surface area (Å²) in [6, 6.07) is 15.2. The maximum Gasteiger partial charge on any atom is 0.266 e. The van der Waals surface area contributed by atoms with Crippen LogP contribution in [0, 0.1) is 5.82 Å². The molecule has 7 nitrogen and oxygen atoms in total. The van der Waals surface area contributed by atoms with E-state index in [2.05, 4.69) is 5.10 Å². The van der Waals surface area contributed by atoms with E-state index < -0.39 is 21.8 Å². The average molecular weight is 490 g/mol. The molecule has 1 amide bonds. The van der Waals surface area contributed by atoms with Gasteiger partial charge in [0.2, 0.25) is 0 Å². The van der Waals surface area contributed by atoms with Crippen molar-refractivity contribution in [2.24, 2.45) is 0 Å². The summed E-state index contributed by atoms with van der Waals surface area (Å²) in [7, 11) is -4.23. The van der Waals surface area contributed by atoms with Crippen LogP contribution in [0.5, 0.6) is 0 Å². The summed E-state index contributed by atoms with van der Waals surface area (Å²) in [5.41, 5.74) is 2.61. The molecule has 32 heavy (non-hydrogen) atoms. The van der Waals surface area contributed by atoms with E-state index in [4.69, 9.17) is 16.8 Å². The number of carbonyl (C=O) groups excluding carboxylic acids is 1. The molecule has 2 heterocycles. The highest BCUT2D eigenvalue weighted by atomic mass is 32.2. The minimum absolute atomic E-state index is 0.198. The quantitative estimate of drug-likeness (QED) is 0.320. The summed E-state index contributed by atoms with van der Waals surface area (Å²) in [4.78, 5) is 14.2. The van der Waals surface area contributed by atoms with Crippen LogP contribution in [0.3, 0.4) is 0 Å². The zero-order valence-electron chi connectivity index (χ0n) is 16.4. The zero-order chi connectivity index (χ0) is 22.9. The second-order valence-corrected chi connectivity index (χ2v) is 10.1. The molecule has 1 aliphatic heterocycles. The second kappa shape index (κ2) is 8.94. The number of benzene rings is 2. The van der Waals surface area contributed by atoms with Gasteiger partial charge in [-0.2, -0.15) is 13.5 Å². The normalized spacial score (nSPS) is 15.7. The summed E-state index contributed by atoms with van der Waals surface area (Å²) in [5, 5.41) is 4.62. The predicted octanol–water partition coefficient (Wildman–Crippen LogP) is 3.77. The van der Waals surface area contributed by atoms with Crippen LogP contribution in [-0.4, -0.2) is 50.2 Å². The lowest BCUT2D eigenvalue weighted by molar-refractivity contribution is -0.121. The lowest BCUT2D eigenvalue weighted by Gasteiger charge is -2.12. The Bertz CT molecular complexity index is 1320. The van der Waals surface area contributed by atoms with Crippen molar-refractivity contribution in [2.45, 2.75) is 0 Å². The zero-order valence-corrected chi connectivity index (χ0v) is 18.8. The fourth-order valence-corrected chi connectivity index (χ4v) is 4.79. The van der Waals surface area contributed by atoms with E-state index in [1.807, 2.05) is 30.3 Å². The molecule has 1 N–H and O–H groups in total. The molecule has 3 aromatic rings. The average Bonchev–Trinajstić information content (AvgIpc) is 3.28. The first kappa shape index (κ1) is 22.3. The van der Waals surface area contributed by atoms with Crippen molar-refractivity contribution in [2.75, 3.05) is 12.3 Å². The number of rotatable bonds is 6. The van der Waals surface area contributed by atoms with Gasteiger partial charge in [0, 0.05) is 23.9 Å². The Morgan fingerprint density at radius 1 is 1.12 bits per heavy atom. The minimum Gasteiger partial charge on any atom is -0.292 e. The number of carbonyl (C=O) groups is 1. The van der Waals surface area contributed by atoms with Crippen LogP contribution < -0.4 is 0 Å². The molecule has 0 saturated carbocycles. The number of thioether (sulfide) groups is 1. The highest BCUT2D eigenvalue weighted by molar-refractivity contribution is 8.26. The molecule has 4 rings (SSSR count). The molecule has 0 unspecified atom stereocenters. The van der Waals surface area contributed by atoms with Crippen molar-refractivity contribution in [3.63, 3.8) is 0 Å². The monoisotopic (exact) mass is 489 g/mol. The minimum atomic E-state index is -4.23. The number of aromatic nitrogens is 2. The number of hydrogen-bond acceptors (Lipinski definition) is 6. The SMILES string of the molecule is O=C1/C(=C\c2cn(-c3ccccc3)nc2-c2ccc(F)cc2)SC(=S)N1CCS(=O)(=O)O. The van der Waals surface area contributed by atoms with E-state index in [1.165, 1.54) is 12.1 Å². The maximum atomic E-state index is 13.4. The van der Waals surface area contributed by atoms with E-state index >= 15 is 0 Å². The Kier molecular flexibility index (Phi) is 6.24. The Morgan fingerprint density at radius 3 is 2.47 bits per heavy atom. The largest absolute Gasteiger partial charge is 0.292 e. The number of thiocarbonyl (C=S) groups is 1. The number of halogens is 1. The van der Waals surface area contributed by atoms with Gasteiger partial charge in [0.1, 0.15) is 10.1 Å². The van der Waals surface area contributed by atoms with Crippen molar-refractivity contribution in [1.82, 2.24) is 14.7 Å². The van der Waals surface area contributed by atoms with Gasteiger partial charge in [-0.3, -0.25) is 14.2 Å². The van der Waals surface area contributed by atoms with E-state index in [9.17, 15) is 17.6 Å². The Hall–Kier alpha value is -2.86. The molecule has 164 valence electrons. The third-order valence-corrected chi connectivity index (χ3v) is 6.69. The van der Waals surface area contributed by atoms with Crippen molar-refractivity contribution in [3.8, 4) is 16.9 Å². The molecule has 1 aromatic heterocycles. The van der Waals surface area contributed by atoms with Crippen LogP contribution in [0.4, 0.5) is 4.39 Å². The highest BCUT2D eigenvalue weighted by Gasteiger charge is 2.33. The maximum absolute atomic E-state index is 13.4. The molecule has 2 aromatic carbocycles. The predicted molar refractivity (Wildman–Crippen MR) is 125 cm³/mol. The standard InChI is InChI=1S/C21H16FN3O4S3/c22-16-8-6-14(7-9-16)19-15(13-25(23-19)17-4-2-1-3-5-17)12-18-20(26)24(21(30)31-18)10-11-32(27,28)29/h1-9,12-13H,10-11H2,(H,27,28,29)/b18-12+. The Labute approximate surface area is 193 Å². The van der Waals surface area contributed by atoms with Gasteiger partial charge < -0.3 is 0 Å². The van der Waals surface area contributed by atoms with Crippen LogP contribution >= 0.6 is 24.0 Å². The summed E-state index contributed by atoms with van der Waals surface area (Å²) < 4.78 is 46.4. The van der Waals surface area contributed by atoms with Crippen LogP contribution in [0.1, 0.15) is 5.56 Å². The van der Waals surface area contributed by atoms with Crippen LogP contribution in [0.15, 0.2) is 65.7 Å². The lowest BCUT2D eigenvalue weighted by atomic mass is 10.1. The van der Waals surface area contributed by atoms with Gasteiger partial charge in [-0.1, -0.05) is 42.2 Å². The second-order valence-electron chi connectivity index (χ2n) is 6.84. The number of amides is 1. The van der Waals surface area contributed by atoms with E-state index in [-0.39, 0.29) is 16.7 Å². The van der Waals surface area contributed by atoms with Crippen molar-refractivity contribution < 1.29 is 22.2 Å². The van der Waals surface area contributed by atoms with Gasteiger partial charge in [-0.15, -0.1) is 0 Å². The molecule has 11 heteroatoms. The third kappa shape index (κ3) is 4.96. The fourth-order valence-electron chi connectivity index (χ4n) is 3.08. The van der Waals surface area contributed by atoms with Gasteiger partial charge in [0.15, 0.2) is 0 Å². The first-order chi connectivity index (χ1) is 15.2. The molecule has 0 bridgehead atoms. The Morgan fingerprint density at radius 2 is 1.81 bits per heavy atom. The lowest BCUT2D eigenvalue weighted by Crippen LogP contribution is -2.32. The molecular weight excluding hydrogens is 473 g/mol. The molecule has 0 spiro atoms. The van der Waals surface area contributed by atoms with Gasteiger partial charge in [-0.05, 0) is 42.5 Å². The summed E-state index contributed by atoms with van der Waals surface area (Å²) in [5.74, 6) is -1.45. The number of para-hydroxylation sites is 1. The van der Waals surface area contributed by atoms with E-state index in [0.717, 1.165) is 22.3 Å². The van der Waals surface area contributed by atoms with Crippen molar-refractivity contribution in [1.29, 1.82) is 0 Å². The highest BCUT2D eigenvalue weighted by Crippen LogP contribution is 2.34. The summed E-state index contributed by atoms with van der Waals surface area (Å²) in [6.07, 6.45) is 3.37. The van der Waals surface area contributed by atoms with Gasteiger partial charge >= 0.3 is 0 Å². The fraction of sp³-hybridized carbons (Fsp3) is 0.0952. The van der Waals surface area contributed by atoms with Crippen LogP contribution in [0.2, 0.25) is 0 Å². The molecule has 0 aliphatic carbocycles. The Balaban J connectivity index is 1.73. The molecule has 1 saturated heterocycles. The molecular formula is C21H16FN3O4S3. The molecule has 0 radical (unpaired) electrons.